The summed E-state index contributed by atoms with van der Waals surface area (Å²) in [6, 6.07) is 104. The molecule has 2 heteroatoms. The first kappa shape index (κ1) is 54.0. The van der Waals surface area contributed by atoms with Crippen molar-refractivity contribution in [3.05, 3.63) is 301 Å². The van der Waals surface area contributed by atoms with Crippen LogP contribution in [0.15, 0.2) is 279 Å². The molecule has 0 amide bonds. The van der Waals surface area contributed by atoms with Crippen LogP contribution in [-0.2, 0) is 12.8 Å². The van der Waals surface area contributed by atoms with E-state index in [0.29, 0.717) is 0 Å². The summed E-state index contributed by atoms with van der Waals surface area (Å²) < 4.78 is 0. The van der Waals surface area contributed by atoms with Gasteiger partial charge in [0.05, 0.1) is 0 Å². The van der Waals surface area contributed by atoms with E-state index in [4.69, 9.17) is 0 Å². The van der Waals surface area contributed by atoms with Crippen LogP contribution in [0.1, 0.15) is 61.8 Å². The number of rotatable bonds is 16. The Kier molecular flexibility index (Phi) is 14.8. The van der Waals surface area contributed by atoms with Crippen molar-refractivity contribution in [3.63, 3.8) is 0 Å². The third-order valence-corrected chi connectivity index (χ3v) is 17.9. The zero-order valence-corrected chi connectivity index (χ0v) is 49.7. The molecule has 0 N–H and O–H groups in total. The zero-order chi connectivity index (χ0) is 58.1. The van der Waals surface area contributed by atoms with Crippen LogP contribution in [0, 0.1) is 13.8 Å². The third-order valence-electron chi connectivity index (χ3n) is 17.9. The first-order chi connectivity index (χ1) is 42.4. The third kappa shape index (κ3) is 9.85. The van der Waals surface area contributed by atoms with Crippen molar-refractivity contribution in [2.24, 2.45) is 0 Å². The van der Waals surface area contributed by atoms with Gasteiger partial charge in [-0.25, -0.2) is 0 Å². The van der Waals surface area contributed by atoms with E-state index in [0.717, 1.165) is 35.6 Å². The van der Waals surface area contributed by atoms with Gasteiger partial charge in [-0.1, -0.05) is 233 Å². The molecule has 0 saturated carbocycles. The summed E-state index contributed by atoms with van der Waals surface area (Å²) in [7, 11) is 0. The fourth-order valence-corrected chi connectivity index (χ4v) is 13.7. The number of nitrogens with zero attached hydrogens (tertiary/aromatic N) is 2. The van der Waals surface area contributed by atoms with Gasteiger partial charge < -0.3 is 9.80 Å². The van der Waals surface area contributed by atoms with Crippen molar-refractivity contribution in [1.29, 1.82) is 0 Å². The second kappa shape index (κ2) is 23.6. The van der Waals surface area contributed by atoms with Crippen LogP contribution in [0.2, 0.25) is 0 Å². The Morgan fingerprint density at radius 2 is 0.523 bits per heavy atom. The molecule has 416 valence electrons. The molecule has 0 heterocycles. The van der Waals surface area contributed by atoms with Crippen LogP contribution in [0.25, 0.3) is 98.4 Å². The van der Waals surface area contributed by atoms with Crippen LogP contribution in [0.3, 0.4) is 0 Å². The molecule has 0 saturated heterocycles. The molecule has 0 radical (unpaired) electrons. The van der Waals surface area contributed by atoms with Crippen molar-refractivity contribution in [1.82, 2.24) is 0 Å². The lowest BCUT2D eigenvalue weighted by Gasteiger charge is -2.27. The van der Waals surface area contributed by atoms with E-state index >= 15 is 0 Å². The largest absolute Gasteiger partial charge is 0.310 e. The van der Waals surface area contributed by atoms with E-state index < -0.39 is 0 Å². The number of unbranched alkanes of at least 4 members (excludes halogenated alkanes) is 2. The molecule has 0 aromatic heterocycles. The summed E-state index contributed by atoms with van der Waals surface area (Å²) >= 11 is 0. The van der Waals surface area contributed by atoms with Gasteiger partial charge >= 0.3 is 0 Å². The van der Waals surface area contributed by atoms with Crippen molar-refractivity contribution in [2.75, 3.05) is 9.80 Å². The standard InChI is InChI=1S/C84H70N2/c1-5-7-25-59-43-53-67(55-57(59)3)85(63-27-11-9-12-28-63)65-49-45-61(46-50-65)81-73-31-15-19-35-77(73)83(78-36-20-16-32-74(78)81)71-41-23-40-70-69(71)39-24-42-72(70)84-79-37-21-17-33-75(79)82(76-34-18-22-38-80(76)84)62-47-51-66(52-48-62)86(64-29-13-10-14-30-64)68-54-44-60(26-8-6-2)58(4)56-68/h9-24,27-56H,5-8,25-26H2,1-4H3. The van der Waals surface area contributed by atoms with Crippen LogP contribution in [0.5, 0.6) is 0 Å². The SMILES string of the molecule is CCCCc1ccc(N(c2ccccc2)c2ccc(-c3c4ccccc4c(-c4cccc5c(-c6c7ccccc7c(-c7ccc(N(c8ccccc8)c8ccc(CCCC)c(C)c8)cc7)c7ccccc67)cccc45)c4ccccc34)cc2)cc1C. The van der Waals surface area contributed by atoms with Gasteiger partial charge in [-0.3, -0.25) is 0 Å². The number of anilines is 6. The topological polar surface area (TPSA) is 6.48 Å². The number of fused-ring (bicyclic) bond motifs is 5. The molecule has 14 aromatic carbocycles. The monoisotopic (exact) mass is 1110 g/mol. The van der Waals surface area contributed by atoms with Crippen molar-refractivity contribution < 1.29 is 0 Å². The fourth-order valence-electron chi connectivity index (χ4n) is 13.7. The number of benzene rings is 14. The van der Waals surface area contributed by atoms with Gasteiger partial charge in [0, 0.05) is 34.1 Å². The van der Waals surface area contributed by atoms with Crippen LogP contribution < -0.4 is 9.80 Å². The van der Waals surface area contributed by atoms with E-state index in [-0.39, 0.29) is 0 Å². The molecule has 0 aliphatic rings. The fraction of sp³-hybridized carbons (Fsp3) is 0.119. The molecule has 14 rings (SSSR count). The first-order valence-corrected chi connectivity index (χ1v) is 31.0. The second-order valence-electron chi connectivity index (χ2n) is 23.3. The Labute approximate surface area is 506 Å². The average Bonchev–Trinajstić information content (AvgIpc) is 0.976. The van der Waals surface area contributed by atoms with E-state index in [1.165, 1.54) is 158 Å². The highest BCUT2D eigenvalue weighted by molar-refractivity contribution is 6.27. The highest BCUT2D eigenvalue weighted by Crippen LogP contribution is 2.50. The van der Waals surface area contributed by atoms with Crippen molar-refractivity contribution >= 4 is 88.0 Å². The Bertz CT molecular complexity index is 4370. The van der Waals surface area contributed by atoms with E-state index in [2.05, 4.69) is 317 Å². The highest BCUT2D eigenvalue weighted by atomic mass is 15.1. The number of para-hydroxylation sites is 2. The molecule has 0 aliphatic carbocycles. The predicted molar refractivity (Wildman–Crippen MR) is 372 cm³/mol. The molecule has 0 bridgehead atoms. The Morgan fingerprint density at radius 3 is 0.837 bits per heavy atom. The normalized spacial score (nSPS) is 11.5. The minimum Gasteiger partial charge on any atom is -0.310 e. The minimum atomic E-state index is 1.11. The molecule has 0 unspecified atom stereocenters. The maximum atomic E-state index is 2.39. The van der Waals surface area contributed by atoms with Gasteiger partial charge in [0.15, 0.2) is 0 Å². The molecule has 86 heavy (non-hydrogen) atoms. The van der Waals surface area contributed by atoms with Crippen molar-refractivity contribution in [3.8, 4) is 44.5 Å². The smallest absolute Gasteiger partial charge is 0.0464 e. The van der Waals surface area contributed by atoms with Gasteiger partial charge in [-0.2, -0.15) is 0 Å². The van der Waals surface area contributed by atoms with Gasteiger partial charge in [0.2, 0.25) is 0 Å². The Morgan fingerprint density at radius 1 is 0.244 bits per heavy atom. The molecular weight excluding hydrogens is 1040 g/mol. The summed E-state index contributed by atoms with van der Waals surface area (Å²) in [4.78, 5) is 4.78. The van der Waals surface area contributed by atoms with Gasteiger partial charge in [-0.15, -0.1) is 0 Å². The summed E-state index contributed by atoms with van der Waals surface area (Å²) in [6.45, 7) is 9.05. The Hall–Kier alpha value is -10.0. The van der Waals surface area contributed by atoms with Gasteiger partial charge in [0.25, 0.3) is 0 Å². The van der Waals surface area contributed by atoms with Crippen LogP contribution in [0.4, 0.5) is 34.1 Å². The lowest BCUT2D eigenvalue weighted by atomic mass is 9.82. The summed E-state index contributed by atoms with van der Waals surface area (Å²) in [5, 5.41) is 12.4. The van der Waals surface area contributed by atoms with Crippen molar-refractivity contribution in [2.45, 2.75) is 66.2 Å². The predicted octanol–water partition coefficient (Wildman–Crippen LogP) is 24.4. The molecule has 0 atom stereocenters. The minimum absolute atomic E-state index is 1.11. The molecule has 0 spiro atoms. The zero-order valence-electron chi connectivity index (χ0n) is 49.7. The molecule has 14 aromatic rings. The molecular formula is C84H70N2. The van der Waals surface area contributed by atoms with E-state index in [9.17, 15) is 0 Å². The number of aryl methyl sites for hydroxylation is 4. The first-order valence-electron chi connectivity index (χ1n) is 31.0. The lowest BCUT2D eigenvalue weighted by Crippen LogP contribution is -2.10. The van der Waals surface area contributed by atoms with E-state index in [1.807, 2.05) is 0 Å². The lowest BCUT2D eigenvalue weighted by molar-refractivity contribution is 0.791. The maximum absolute atomic E-state index is 2.39. The average molecular weight is 1110 g/mol. The van der Waals surface area contributed by atoms with Crippen LogP contribution in [-0.4, -0.2) is 0 Å². The van der Waals surface area contributed by atoms with Gasteiger partial charge in [0.1, 0.15) is 0 Å². The summed E-state index contributed by atoms with van der Waals surface area (Å²) in [5.74, 6) is 0. The number of hydrogen-bond donors (Lipinski definition) is 0. The maximum Gasteiger partial charge on any atom is 0.0464 e. The number of hydrogen-bond acceptors (Lipinski definition) is 2. The molecule has 0 aliphatic heterocycles. The van der Waals surface area contributed by atoms with E-state index in [1.54, 1.807) is 0 Å². The van der Waals surface area contributed by atoms with Crippen LogP contribution >= 0.6 is 0 Å². The second-order valence-corrected chi connectivity index (χ2v) is 23.3. The van der Waals surface area contributed by atoms with Gasteiger partial charge in [-0.05, 0) is 233 Å². The molecule has 2 nitrogen and oxygen atoms in total. The summed E-state index contributed by atoms with van der Waals surface area (Å²) in [5.41, 5.74) is 22.2. The highest BCUT2D eigenvalue weighted by Gasteiger charge is 2.23. The Balaban J connectivity index is 0.877. The summed E-state index contributed by atoms with van der Waals surface area (Å²) in [6.07, 6.45) is 7.00. The quantitative estimate of drug-likeness (QED) is 0.0890. The molecule has 0 fully saturated rings.